The maximum Gasteiger partial charge on any atom is 0.193 e. The zero-order valence-electron chi connectivity index (χ0n) is 13.5. The standard InChI is InChI=1S/C17H29N3O/c1-17(7-3-4-8-17)11-19-16(18-2)20-9-12-13(10-20)15-6-5-14(12)21-15/h12-15H,3-11H2,1-2H3,(H,18,19). The molecule has 1 aliphatic carbocycles. The van der Waals surface area contributed by atoms with Crippen molar-refractivity contribution in [1.29, 1.82) is 0 Å². The molecule has 3 saturated heterocycles. The molecule has 1 N–H and O–H groups in total. The van der Waals surface area contributed by atoms with E-state index in [4.69, 9.17) is 4.74 Å². The van der Waals surface area contributed by atoms with Crippen molar-refractivity contribution in [1.82, 2.24) is 10.2 Å². The van der Waals surface area contributed by atoms with Gasteiger partial charge in [-0.05, 0) is 31.1 Å². The summed E-state index contributed by atoms with van der Waals surface area (Å²) in [6.07, 6.45) is 9.15. The molecule has 4 heteroatoms. The molecule has 2 bridgehead atoms. The lowest BCUT2D eigenvalue weighted by atomic mass is 9.82. The van der Waals surface area contributed by atoms with E-state index in [1.54, 1.807) is 0 Å². The highest BCUT2D eigenvalue weighted by atomic mass is 16.5. The Kier molecular flexibility index (Phi) is 3.40. The Balaban J connectivity index is 1.37. The number of ether oxygens (including phenoxy) is 1. The van der Waals surface area contributed by atoms with E-state index in [1.807, 2.05) is 7.05 Å². The normalized spacial score (nSPS) is 40.9. The summed E-state index contributed by atoms with van der Waals surface area (Å²) in [5.41, 5.74) is 0.480. The summed E-state index contributed by atoms with van der Waals surface area (Å²) in [5, 5.41) is 3.67. The number of hydrogen-bond acceptors (Lipinski definition) is 2. The van der Waals surface area contributed by atoms with Gasteiger partial charge < -0.3 is 15.0 Å². The minimum atomic E-state index is 0.480. The molecule has 21 heavy (non-hydrogen) atoms. The second-order valence-electron chi connectivity index (χ2n) is 7.94. The van der Waals surface area contributed by atoms with E-state index in [1.165, 1.54) is 38.5 Å². The molecule has 4 fully saturated rings. The molecule has 0 aromatic carbocycles. The number of rotatable bonds is 2. The fraction of sp³-hybridized carbons (Fsp3) is 0.941. The van der Waals surface area contributed by atoms with Crippen LogP contribution >= 0.6 is 0 Å². The topological polar surface area (TPSA) is 36.9 Å². The van der Waals surface area contributed by atoms with Crippen LogP contribution in [0.15, 0.2) is 4.99 Å². The minimum absolute atomic E-state index is 0.480. The number of nitrogens with zero attached hydrogens (tertiary/aromatic N) is 2. The number of hydrogen-bond donors (Lipinski definition) is 1. The average molecular weight is 291 g/mol. The Bertz CT molecular complexity index is 412. The maximum atomic E-state index is 6.07. The number of nitrogens with one attached hydrogen (secondary N) is 1. The van der Waals surface area contributed by atoms with Crippen molar-refractivity contribution < 1.29 is 4.74 Å². The zero-order chi connectivity index (χ0) is 14.4. The summed E-state index contributed by atoms with van der Waals surface area (Å²) in [7, 11) is 1.93. The van der Waals surface area contributed by atoms with E-state index in [-0.39, 0.29) is 0 Å². The van der Waals surface area contributed by atoms with Gasteiger partial charge in [-0.2, -0.15) is 0 Å². The van der Waals surface area contributed by atoms with Gasteiger partial charge in [-0.3, -0.25) is 4.99 Å². The lowest BCUT2D eigenvalue weighted by Gasteiger charge is -2.29. The molecule has 0 amide bonds. The van der Waals surface area contributed by atoms with Gasteiger partial charge in [0.2, 0.25) is 0 Å². The van der Waals surface area contributed by atoms with Gasteiger partial charge in [-0.15, -0.1) is 0 Å². The third kappa shape index (κ3) is 2.36. The van der Waals surface area contributed by atoms with Crippen LogP contribution in [-0.2, 0) is 4.74 Å². The lowest BCUT2D eigenvalue weighted by molar-refractivity contribution is 0.0766. The van der Waals surface area contributed by atoms with Gasteiger partial charge in [0, 0.05) is 38.5 Å². The number of guanidine groups is 1. The minimum Gasteiger partial charge on any atom is -0.374 e. The number of likely N-dealkylation sites (tertiary alicyclic amines) is 1. The monoisotopic (exact) mass is 291 g/mol. The van der Waals surface area contributed by atoms with E-state index < -0.39 is 0 Å². The van der Waals surface area contributed by atoms with E-state index >= 15 is 0 Å². The summed E-state index contributed by atoms with van der Waals surface area (Å²) in [6, 6.07) is 0. The van der Waals surface area contributed by atoms with Crippen molar-refractivity contribution in [2.24, 2.45) is 22.2 Å². The average Bonchev–Trinajstić information content (AvgIpc) is 3.20. The molecule has 0 aromatic rings. The van der Waals surface area contributed by atoms with Crippen LogP contribution in [0.5, 0.6) is 0 Å². The SMILES string of the molecule is CN=C(NCC1(C)CCCC1)N1CC2C3CCC(O3)C2C1. The number of aliphatic imine (C=N–C) groups is 1. The van der Waals surface area contributed by atoms with Gasteiger partial charge in [0.05, 0.1) is 12.2 Å². The predicted molar refractivity (Wildman–Crippen MR) is 84.4 cm³/mol. The third-order valence-corrected chi connectivity index (χ3v) is 6.45. The Morgan fingerprint density at radius 3 is 2.38 bits per heavy atom. The quantitative estimate of drug-likeness (QED) is 0.626. The number of fused-ring (bicyclic) bond motifs is 5. The fourth-order valence-corrected chi connectivity index (χ4v) is 5.16. The molecule has 0 spiro atoms. The predicted octanol–water partition coefficient (Wildman–Crippen LogP) is 2.25. The van der Waals surface area contributed by atoms with Crippen molar-refractivity contribution in [3.8, 4) is 0 Å². The Morgan fingerprint density at radius 2 is 1.81 bits per heavy atom. The molecule has 4 rings (SSSR count). The van der Waals surface area contributed by atoms with Gasteiger partial charge in [-0.25, -0.2) is 0 Å². The van der Waals surface area contributed by atoms with E-state index in [2.05, 4.69) is 22.1 Å². The van der Waals surface area contributed by atoms with Crippen LogP contribution in [0.4, 0.5) is 0 Å². The lowest BCUT2D eigenvalue weighted by Crippen LogP contribution is -2.44. The first-order chi connectivity index (χ1) is 10.2. The summed E-state index contributed by atoms with van der Waals surface area (Å²) in [4.78, 5) is 7.04. The molecule has 0 radical (unpaired) electrons. The van der Waals surface area contributed by atoms with Crippen LogP contribution < -0.4 is 5.32 Å². The molecular formula is C17H29N3O. The molecule has 4 atom stereocenters. The van der Waals surface area contributed by atoms with Gasteiger partial charge >= 0.3 is 0 Å². The zero-order valence-corrected chi connectivity index (χ0v) is 13.5. The van der Waals surface area contributed by atoms with Crippen LogP contribution in [0.1, 0.15) is 45.4 Å². The Hall–Kier alpha value is -0.770. The van der Waals surface area contributed by atoms with Crippen LogP contribution in [0.25, 0.3) is 0 Å². The molecular weight excluding hydrogens is 262 g/mol. The highest BCUT2D eigenvalue weighted by Crippen LogP contribution is 2.47. The van der Waals surface area contributed by atoms with Crippen LogP contribution in [0, 0.1) is 17.3 Å². The second kappa shape index (κ2) is 5.15. The molecule has 0 aromatic heterocycles. The molecule has 4 aliphatic rings. The van der Waals surface area contributed by atoms with Crippen LogP contribution in [0.2, 0.25) is 0 Å². The molecule has 118 valence electrons. The van der Waals surface area contributed by atoms with E-state index in [9.17, 15) is 0 Å². The smallest absolute Gasteiger partial charge is 0.193 e. The van der Waals surface area contributed by atoms with Crippen molar-refractivity contribution in [3.05, 3.63) is 0 Å². The first-order valence-electron chi connectivity index (χ1n) is 8.80. The molecule has 4 unspecified atom stereocenters. The van der Waals surface area contributed by atoms with Crippen molar-refractivity contribution in [2.75, 3.05) is 26.7 Å². The summed E-state index contributed by atoms with van der Waals surface area (Å²) in [6.45, 7) is 5.78. The molecule has 3 heterocycles. The van der Waals surface area contributed by atoms with Crippen molar-refractivity contribution in [2.45, 2.75) is 57.7 Å². The highest BCUT2D eigenvalue weighted by Gasteiger charge is 2.53. The Labute approximate surface area is 128 Å². The van der Waals surface area contributed by atoms with Crippen LogP contribution in [-0.4, -0.2) is 49.7 Å². The maximum absolute atomic E-state index is 6.07. The van der Waals surface area contributed by atoms with Crippen LogP contribution in [0.3, 0.4) is 0 Å². The van der Waals surface area contributed by atoms with Gasteiger partial charge in [-0.1, -0.05) is 19.8 Å². The highest BCUT2D eigenvalue weighted by molar-refractivity contribution is 5.80. The molecule has 4 nitrogen and oxygen atoms in total. The summed E-state index contributed by atoms with van der Waals surface area (Å²) in [5.74, 6) is 2.63. The van der Waals surface area contributed by atoms with Crippen molar-refractivity contribution >= 4 is 5.96 Å². The largest absolute Gasteiger partial charge is 0.374 e. The molecule has 3 aliphatic heterocycles. The van der Waals surface area contributed by atoms with Gasteiger partial charge in [0.1, 0.15) is 0 Å². The molecule has 1 saturated carbocycles. The summed E-state index contributed by atoms with van der Waals surface area (Å²) < 4.78 is 6.07. The summed E-state index contributed by atoms with van der Waals surface area (Å²) >= 11 is 0. The van der Waals surface area contributed by atoms with E-state index in [0.29, 0.717) is 17.6 Å². The first kappa shape index (κ1) is 13.9. The van der Waals surface area contributed by atoms with Gasteiger partial charge in [0.25, 0.3) is 0 Å². The fourth-order valence-electron chi connectivity index (χ4n) is 5.16. The Morgan fingerprint density at radius 1 is 1.19 bits per heavy atom. The van der Waals surface area contributed by atoms with Crippen molar-refractivity contribution in [3.63, 3.8) is 0 Å². The third-order valence-electron chi connectivity index (χ3n) is 6.45. The second-order valence-corrected chi connectivity index (χ2v) is 7.94. The van der Waals surface area contributed by atoms with E-state index in [0.717, 1.165) is 37.4 Å². The first-order valence-corrected chi connectivity index (χ1v) is 8.80. The van der Waals surface area contributed by atoms with Gasteiger partial charge in [0.15, 0.2) is 5.96 Å².